The molecule has 1 aromatic carbocycles. The molecule has 0 unspecified atom stereocenters. The summed E-state index contributed by atoms with van der Waals surface area (Å²) in [6, 6.07) is 6.22. The van der Waals surface area contributed by atoms with Crippen molar-refractivity contribution < 1.29 is 27.5 Å². The highest BCUT2D eigenvalue weighted by molar-refractivity contribution is 8.13. The molecule has 2 aliphatic rings. The Morgan fingerprint density at radius 2 is 2.00 bits per heavy atom. The van der Waals surface area contributed by atoms with Gasteiger partial charge >= 0.3 is 18.2 Å². The molecule has 29 heavy (non-hydrogen) atoms. The molecule has 1 aliphatic heterocycles. The van der Waals surface area contributed by atoms with Gasteiger partial charge in [-0.05, 0) is 25.0 Å². The topological polar surface area (TPSA) is 88.2 Å². The van der Waals surface area contributed by atoms with Crippen LogP contribution in [0.15, 0.2) is 46.7 Å². The number of alkyl halides is 3. The lowest BCUT2D eigenvalue weighted by Crippen LogP contribution is -2.34. The van der Waals surface area contributed by atoms with Crippen LogP contribution in [0.3, 0.4) is 0 Å². The minimum atomic E-state index is -4.29. The zero-order valence-electron chi connectivity index (χ0n) is 15.3. The van der Waals surface area contributed by atoms with E-state index in [0.29, 0.717) is 22.2 Å². The van der Waals surface area contributed by atoms with Gasteiger partial charge in [0.1, 0.15) is 5.82 Å². The van der Waals surface area contributed by atoms with Crippen molar-refractivity contribution in [1.29, 1.82) is 0 Å². The third-order valence-electron chi connectivity index (χ3n) is 3.71. The summed E-state index contributed by atoms with van der Waals surface area (Å²) in [6.45, 7) is 3.64. The van der Waals surface area contributed by atoms with Gasteiger partial charge in [-0.25, -0.2) is 9.59 Å². The van der Waals surface area contributed by atoms with Crippen LogP contribution < -0.4 is 5.73 Å². The van der Waals surface area contributed by atoms with Gasteiger partial charge in [-0.1, -0.05) is 30.5 Å². The molecule has 0 radical (unpaired) electrons. The van der Waals surface area contributed by atoms with Crippen molar-refractivity contribution in [3.05, 3.63) is 42.2 Å². The molecule has 0 spiro atoms. The number of thiol groups is 1. The van der Waals surface area contributed by atoms with E-state index in [9.17, 15) is 22.8 Å². The van der Waals surface area contributed by atoms with Crippen molar-refractivity contribution in [1.82, 2.24) is 9.91 Å². The van der Waals surface area contributed by atoms with Gasteiger partial charge in [0.05, 0.1) is 18.4 Å². The number of nitrogens with two attached hydrogens (primary N) is 1. The fourth-order valence-corrected chi connectivity index (χ4v) is 3.36. The highest BCUT2D eigenvalue weighted by atomic mass is 32.2. The fourth-order valence-electron chi connectivity index (χ4n) is 2.28. The maximum absolute atomic E-state index is 12.2. The first-order valence-electron chi connectivity index (χ1n) is 8.27. The molecule has 1 saturated carbocycles. The van der Waals surface area contributed by atoms with Crippen LogP contribution in [-0.4, -0.2) is 52.2 Å². The number of carbonyl (C=O) groups excluding carboxylic acids is 2. The highest BCUT2D eigenvalue weighted by Crippen LogP contribution is 2.38. The number of methoxy groups -OCH3 is 1. The number of nitrogens with zero attached hydrogens (tertiary/aromatic N) is 3. The lowest BCUT2D eigenvalue weighted by molar-refractivity contribution is -0.105. The predicted octanol–water partition coefficient (Wildman–Crippen LogP) is 3.64. The summed E-state index contributed by atoms with van der Waals surface area (Å²) in [5.41, 5.74) is 5.57. The first kappa shape index (κ1) is 22.9. The Bertz CT molecular complexity index is 828. The van der Waals surface area contributed by atoms with E-state index in [1.807, 2.05) is 6.07 Å². The average molecular weight is 448 g/mol. The first-order valence-corrected chi connectivity index (χ1v) is 9.70. The second-order valence-electron chi connectivity index (χ2n) is 5.96. The molecule has 0 bridgehead atoms. The molecule has 158 valence electrons. The third-order valence-corrected chi connectivity index (χ3v) is 5.11. The van der Waals surface area contributed by atoms with Crippen LogP contribution in [0.5, 0.6) is 0 Å². The van der Waals surface area contributed by atoms with E-state index >= 15 is 0 Å². The number of urea groups is 1. The van der Waals surface area contributed by atoms with Crippen LogP contribution in [0.1, 0.15) is 23.2 Å². The van der Waals surface area contributed by atoms with Crippen LogP contribution in [-0.2, 0) is 4.74 Å². The number of hydrogen-bond acceptors (Lipinski definition) is 7. The molecule has 1 heterocycles. The Balaban J connectivity index is 0.000000234. The SMILES string of the molecule is C=C1N(C(N)=O)N=C(SCC(F)(F)F)N1C1CC1.COC(=O)c1ccccc1S. The maximum Gasteiger partial charge on any atom is 0.398 e. The maximum atomic E-state index is 12.2. The molecular formula is C17H19F3N4O3S2. The van der Waals surface area contributed by atoms with E-state index < -0.39 is 18.0 Å². The van der Waals surface area contributed by atoms with Gasteiger partial charge in [0.25, 0.3) is 0 Å². The Labute approximate surface area is 175 Å². The summed E-state index contributed by atoms with van der Waals surface area (Å²) < 4.78 is 41.1. The summed E-state index contributed by atoms with van der Waals surface area (Å²) in [4.78, 5) is 24.2. The smallest absolute Gasteiger partial charge is 0.398 e. The van der Waals surface area contributed by atoms with Gasteiger partial charge < -0.3 is 15.4 Å². The molecule has 2 N–H and O–H groups in total. The predicted molar refractivity (Wildman–Crippen MR) is 106 cm³/mol. The number of benzene rings is 1. The number of halogens is 3. The van der Waals surface area contributed by atoms with Crippen molar-refractivity contribution in [2.45, 2.75) is 30.0 Å². The zero-order valence-corrected chi connectivity index (χ0v) is 17.1. The van der Waals surface area contributed by atoms with E-state index in [4.69, 9.17) is 5.73 Å². The van der Waals surface area contributed by atoms with E-state index in [-0.39, 0.29) is 23.0 Å². The molecule has 2 amide bonds. The number of amides is 2. The minimum Gasteiger partial charge on any atom is -0.465 e. The fraction of sp³-hybridized carbons (Fsp3) is 0.353. The van der Waals surface area contributed by atoms with Crippen LogP contribution in [0.25, 0.3) is 0 Å². The number of rotatable bonds is 3. The van der Waals surface area contributed by atoms with Gasteiger partial charge in [0.15, 0.2) is 5.17 Å². The lowest BCUT2D eigenvalue weighted by Gasteiger charge is -2.21. The normalized spacial score (nSPS) is 16.2. The summed E-state index contributed by atoms with van der Waals surface area (Å²) >= 11 is 4.62. The summed E-state index contributed by atoms with van der Waals surface area (Å²) in [5.74, 6) is -1.19. The molecule has 1 fully saturated rings. The van der Waals surface area contributed by atoms with Gasteiger partial charge in [-0.3, -0.25) is 0 Å². The highest BCUT2D eigenvalue weighted by Gasteiger charge is 2.42. The molecule has 7 nitrogen and oxygen atoms in total. The number of thioether (sulfide) groups is 1. The molecule has 1 aromatic rings. The van der Waals surface area contributed by atoms with E-state index in [2.05, 4.69) is 29.0 Å². The second-order valence-corrected chi connectivity index (χ2v) is 7.39. The molecule has 0 saturated heterocycles. The van der Waals surface area contributed by atoms with E-state index in [1.54, 1.807) is 23.1 Å². The van der Waals surface area contributed by atoms with Crippen LogP contribution in [0, 0.1) is 0 Å². The Morgan fingerprint density at radius 3 is 2.48 bits per heavy atom. The number of hydrogen-bond donors (Lipinski definition) is 2. The van der Waals surface area contributed by atoms with Gasteiger partial charge in [-0.15, -0.1) is 17.7 Å². The largest absolute Gasteiger partial charge is 0.465 e. The number of ether oxygens (including phenoxy) is 1. The van der Waals surface area contributed by atoms with E-state index in [0.717, 1.165) is 17.9 Å². The van der Waals surface area contributed by atoms with Gasteiger partial charge in [0, 0.05) is 10.9 Å². The first-order chi connectivity index (χ1) is 13.5. The van der Waals surface area contributed by atoms with Gasteiger partial charge in [0.2, 0.25) is 0 Å². The van der Waals surface area contributed by atoms with Crippen molar-refractivity contribution in [2.75, 3.05) is 12.9 Å². The zero-order chi connectivity index (χ0) is 21.8. The monoisotopic (exact) mass is 448 g/mol. The molecule has 1 aliphatic carbocycles. The molecule has 3 rings (SSSR count). The number of primary amides is 1. The van der Waals surface area contributed by atoms with Gasteiger partial charge in [-0.2, -0.15) is 18.2 Å². The standard InChI is InChI=1S/C9H11F3N4OS.C8H8O2S/c1-5-15(6-2-3-6)8(14-16(5)7(13)17)18-4-9(10,11)12;1-10-8(9)6-4-2-3-5-7(6)11/h6H,1-4H2,(H2,13,17);2-5,11H,1H3. The Hall–Kier alpha value is -2.34. The van der Waals surface area contributed by atoms with Crippen LogP contribution in [0.2, 0.25) is 0 Å². The summed E-state index contributed by atoms with van der Waals surface area (Å²) in [6.07, 6.45) is -2.60. The number of hydrazone groups is 1. The van der Waals surface area contributed by atoms with Crippen molar-refractivity contribution >= 4 is 41.6 Å². The molecule has 0 atom stereocenters. The van der Waals surface area contributed by atoms with Crippen LogP contribution >= 0.6 is 24.4 Å². The summed E-state index contributed by atoms with van der Waals surface area (Å²) in [7, 11) is 1.35. The van der Waals surface area contributed by atoms with Crippen molar-refractivity contribution in [2.24, 2.45) is 10.8 Å². The molecule has 12 heteroatoms. The Kier molecular flexibility index (Phi) is 7.47. The molecular weight excluding hydrogens is 429 g/mol. The number of amidine groups is 1. The number of esters is 1. The quantitative estimate of drug-likeness (QED) is 0.545. The number of carbonyl (C=O) groups is 2. The summed E-state index contributed by atoms with van der Waals surface area (Å²) in [5, 5.41) is 4.73. The molecule has 0 aromatic heterocycles. The minimum absolute atomic E-state index is 0.0707. The van der Waals surface area contributed by atoms with E-state index in [1.165, 1.54) is 7.11 Å². The van der Waals surface area contributed by atoms with Crippen molar-refractivity contribution in [3.63, 3.8) is 0 Å². The third kappa shape index (κ3) is 6.32. The van der Waals surface area contributed by atoms with Crippen molar-refractivity contribution in [3.8, 4) is 0 Å². The Morgan fingerprint density at radius 1 is 1.38 bits per heavy atom. The lowest BCUT2D eigenvalue weighted by atomic mass is 10.2. The average Bonchev–Trinajstić information content (AvgIpc) is 3.42. The second kappa shape index (κ2) is 9.44. The van der Waals surface area contributed by atoms with Crippen LogP contribution in [0.4, 0.5) is 18.0 Å².